The molecule has 0 saturated carbocycles. The number of furan rings is 1. The predicted molar refractivity (Wildman–Crippen MR) is 76.1 cm³/mol. The quantitative estimate of drug-likeness (QED) is 0.722. The summed E-state index contributed by atoms with van der Waals surface area (Å²) >= 11 is 0. The fourth-order valence-corrected chi connectivity index (χ4v) is 2.92. The Balaban J connectivity index is 1.71. The van der Waals surface area contributed by atoms with Gasteiger partial charge in [-0.15, -0.1) is 0 Å². The summed E-state index contributed by atoms with van der Waals surface area (Å²) in [4.78, 5) is 23.1. The summed E-state index contributed by atoms with van der Waals surface area (Å²) in [5.41, 5.74) is 1.05. The van der Waals surface area contributed by atoms with E-state index in [1.54, 1.807) is 36.4 Å². The van der Waals surface area contributed by atoms with E-state index in [1.807, 2.05) is 0 Å². The van der Waals surface area contributed by atoms with Crippen LogP contribution in [0.15, 0.2) is 33.5 Å². The lowest BCUT2D eigenvalue weighted by Crippen LogP contribution is -2.31. The summed E-state index contributed by atoms with van der Waals surface area (Å²) in [6.45, 7) is 2.42. The van der Waals surface area contributed by atoms with Gasteiger partial charge in [-0.25, -0.2) is 0 Å². The molecule has 3 aromatic rings. The first kappa shape index (κ1) is 13.0. The Kier molecular flexibility index (Phi) is 2.92. The minimum atomic E-state index is -0.183. The van der Waals surface area contributed by atoms with Gasteiger partial charge in [0.1, 0.15) is 17.3 Å². The lowest BCUT2D eigenvalue weighted by atomic mass is 10.2. The standard InChI is InChI=1S/C15H14N4O3/c1-9-17-14(22-18-9)11-3-2-7-19(11)15(20)13-10-5-8-21-12(10)4-6-16-13/h4-6,8,11H,2-3,7H2,1H3. The van der Waals surface area contributed by atoms with Gasteiger partial charge in [-0.3, -0.25) is 9.78 Å². The largest absolute Gasteiger partial charge is 0.464 e. The van der Waals surface area contributed by atoms with Crippen molar-refractivity contribution in [2.75, 3.05) is 6.54 Å². The first-order chi connectivity index (χ1) is 10.7. The van der Waals surface area contributed by atoms with Crippen molar-refractivity contribution < 1.29 is 13.7 Å². The zero-order valence-corrected chi connectivity index (χ0v) is 12.0. The van der Waals surface area contributed by atoms with Gasteiger partial charge in [-0.05, 0) is 31.9 Å². The Hall–Kier alpha value is -2.70. The molecule has 1 saturated heterocycles. The number of aryl methyl sites for hydroxylation is 1. The molecule has 1 aliphatic rings. The number of carbonyl (C=O) groups is 1. The minimum Gasteiger partial charge on any atom is -0.464 e. The molecule has 1 atom stereocenters. The van der Waals surface area contributed by atoms with E-state index < -0.39 is 0 Å². The molecule has 1 unspecified atom stereocenters. The predicted octanol–water partition coefficient (Wildman–Crippen LogP) is 2.50. The number of hydrogen-bond acceptors (Lipinski definition) is 6. The number of nitrogens with zero attached hydrogens (tertiary/aromatic N) is 4. The first-order valence-electron chi connectivity index (χ1n) is 7.17. The average molecular weight is 298 g/mol. The fraction of sp³-hybridized carbons (Fsp3) is 0.333. The highest BCUT2D eigenvalue weighted by atomic mass is 16.5. The maximum absolute atomic E-state index is 12.9. The van der Waals surface area contributed by atoms with Crippen molar-refractivity contribution in [3.8, 4) is 0 Å². The van der Waals surface area contributed by atoms with E-state index in [9.17, 15) is 4.79 Å². The van der Waals surface area contributed by atoms with Gasteiger partial charge in [0.2, 0.25) is 5.89 Å². The second kappa shape index (κ2) is 4.94. The van der Waals surface area contributed by atoms with Crippen LogP contribution in [0.2, 0.25) is 0 Å². The van der Waals surface area contributed by atoms with E-state index in [1.165, 1.54) is 0 Å². The van der Waals surface area contributed by atoms with E-state index in [-0.39, 0.29) is 11.9 Å². The molecule has 22 heavy (non-hydrogen) atoms. The molecule has 1 fully saturated rings. The fourth-order valence-electron chi connectivity index (χ4n) is 2.92. The van der Waals surface area contributed by atoms with E-state index in [0.717, 1.165) is 18.2 Å². The Morgan fingerprint density at radius 2 is 2.32 bits per heavy atom. The first-order valence-corrected chi connectivity index (χ1v) is 7.17. The second-order valence-corrected chi connectivity index (χ2v) is 5.33. The Bertz CT molecular complexity index is 838. The monoisotopic (exact) mass is 298 g/mol. The summed E-state index contributed by atoms with van der Waals surface area (Å²) in [6, 6.07) is 3.32. The van der Waals surface area contributed by atoms with Crippen LogP contribution in [0, 0.1) is 6.92 Å². The number of amides is 1. The van der Waals surface area contributed by atoms with Crippen LogP contribution in [0.4, 0.5) is 0 Å². The van der Waals surface area contributed by atoms with Crippen LogP contribution < -0.4 is 0 Å². The Labute approximate surface area is 125 Å². The number of aromatic nitrogens is 3. The highest BCUT2D eigenvalue weighted by molar-refractivity contribution is 6.04. The van der Waals surface area contributed by atoms with Crippen molar-refractivity contribution in [3.05, 3.63) is 42.0 Å². The number of rotatable bonds is 2. The van der Waals surface area contributed by atoms with E-state index in [4.69, 9.17) is 8.94 Å². The van der Waals surface area contributed by atoms with Crippen LogP contribution in [0.3, 0.4) is 0 Å². The van der Waals surface area contributed by atoms with Crippen LogP contribution in [-0.2, 0) is 0 Å². The van der Waals surface area contributed by atoms with Gasteiger partial charge < -0.3 is 13.8 Å². The van der Waals surface area contributed by atoms with E-state index in [0.29, 0.717) is 29.5 Å². The van der Waals surface area contributed by atoms with E-state index >= 15 is 0 Å². The summed E-state index contributed by atoms with van der Waals surface area (Å²) < 4.78 is 10.6. The summed E-state index contributed by atoms with van der Waals surface area (Å²) in [5.74, 6) is 0.928. The van der Waals surface area contributed by atoms with Gasteiger partial charge in [-0.1, -0.05) is 5.16 Å². The van der Waals surface area contributed by atoms with Gasteiger partial charge in [0, 0.05) is 12.7 Å². The molecular formula is C15H14N4O3. The minimum absolute atomic E-state index is 0.134. The van der Waals surface area contributed by atoms with Crippen LogP contribution >= 0.6 is 0 Å². The highest BCUT2D eigenvalue weighted by Gasteiger charge is 2.35. The molecule has 112 valence electrons. The third-order valence-electron chi connectivity index (χ3n) is 3.92. The number of likely N-dealkylation sites (tertiary alicyclic amines) is 1. The molecule has 1 amide bonds. The van der Waals surface area contributed by atoms with Crippen molar-refractivity contribution in [1.29, 1.82) is 0 Å². The molecule has 4 heterocycles. The number of carbonyl (C=O) groups excluding carboxylic acids is 1. The number of hydrogen-bond donors (Lipinski definition) is 0. The van der Waals surface area contributed by atoms with Crippen LogP contribution in [0.1, 0.15) is 41.1 Å². The molecule has 7 nitrogen and oxygen atoms in total. The zero-order chi connectivity index (χ0) is 15.1. The Morgan fingerprint density at radius 1 is 1.41 bits per heavy atom. The van der Waals surface area contributed by atoms with Crippen molar-refractivity contribution in [2.24, 2.45) is 0 Å². The molecular weight excluding hydrogens is 284 g/mol. The van der Waals surface area contributed by atoms with Crippen LogP contribution in [-0.4, -0.2) is 32.5 Å². The molecule has 0 aromatic carbocycles. The number of pyridine rings is 1. The molecule has 0 bridgehead atoms. The molecule has 1 aliphatic heterocycles. The highest BCUT2D eigenvalue weighted by Crippen LogP contribution is 2.33. The molecule has 3 aromatic heterocycles. The molecule has 0 N–H and O–H groups in total. The molecule has 4 rings (SSSR count). The molecule has 0 aliphatic carbocycles. The van der Waals surface area contributed by atoms with Gasteiger partial charge in [0.05, 0.1) is 11.6 Å². The van der Waals surface area contributed by atoms with Gasteiger partial charge in [0.15, 0.2) is 5.82 Å². The maximum atomic E-state index is 12.9. The number of fused-ring (bicyclic) bond motifs is 1. The second-order valence-electron chi connectivity index (χ2n) is 5.33. The maximum Gasteiger partial charge on any atom is 0.273 e. The average Bonchev–Trinajstić information content (AvgIpc) is 3.25. The van der Waals surface area contributed by atoms with Crippen LogP contribution in [0.25, 0.3) is 11.0 Å². The lowest BCUT2D eigenvalue weighted by Gasteiger charge is -2.21. The van der Waals surface area contributed by atoms with Crippen molar-refractivity contribution in [2.45, 2.75) is 25.8 Å². The van der Waals surface area contributed by atoms with Crippen molar-refractivity contribution in [1.82, 2.24) is 20.0 Å². The summed E-state index contributed by atoms with van der Waals surface area (Å²) in [6.07, 6.45) is 4.86. The smallest absolute Gasteiger partial charge is 0.273 e. The van der Waals surface area contributed by atoms with Gasteiger partial charge in [-0.2, -0.15) is 4.98 Å². The molecule has 7 heteroatoms. The van der Waals surface area contributed by atoms with Gasteiger partial charge >= 0.3 is 0 Å². The van der Waals surface area contributed by atoms with Crippen LogP contribution in [0.5, 0.6) is 0 Å². The normalized spacial score (nSPS) is 18.2. The lowest BCUT2D eigenvalue weighted by molar-refractivity contribution is 0.0706. The van der Waals surface area contributed by atoms with E-state index in [2.05, 4.69) is 15.1 Å². The van der Waals surface area contributed by atoms with Crippen molar-refractivity contribution in [3.63, 3.8) is 0 Å². The Morgan fingerprint density at radius 3 is 3.14 bits per heavy atom. The van der Waals surface area contributed by atoms with Crippen molar-refractivity contribution >= 4 is 16.9 Å². The zero-order valence-electron chi connectivity index (χ0n) is 12.0. The molecule has 0 radical (unpaired) electrons. The summed E-state index contributed by atoms with van der Waals surface area (Å²) in [7, 11) is 0. The molecule has 0 spiro atoms. The summed E-state index contributed by atoms with van der Waals surface area (Å²) in [5, 5.41) is 4.54. The topological polar surface area (TPSA) is 85.3 Å². The SMILES string of the molecule is Cc1noc(C2CCCN2C(=O)c2nccc3occc23)n1. The third kappa shape index (κ3) is 1.97. The third-order valence-corrected chi connectivity index (χ3v) is 3.92. The van der Waals surface area contributed by atoms with Gasteiger partial charge in [0.25, 0.3) is 5.91 Å².